The maximum absolute atomic E-state index is 6.23. The summed E-state index contributed by atoms with van der Waals surface area (Å²) in [5.74, 6) is 0. The Bertz CT molecular complexity index is 840. The van der Waals surface area contributed by atoms with Crippen LogP contribution in [0.4, 0.5) is 0 Å². The van der Waals surface area contributed by atoms with Crippen LogP contribution in [-0.4, -0.2) is 38.8 Å². The molecule has 26 heavy (non-hydrogen) atoms. The second kappa shape index (κ2) is 7.99. The number of ether oxygens (including phenoxy) is 1. The summed E-state index contributed by atoms with van der Waals surface area (Å²) in [6.45, 7) is 2.42. The van der Waals surface area contributed by atoms with E-state index in [4.69, 9.17) is 16.3 Å². The molecule has 4 rings (SSSR count). The summed E-state index contributed by atoms with van der Waals surface area (Å²) in [4.78, 5) is 6.25. The lowest BCUT2D eigenvalue weighted by molar-refractivity contribution is 0.140. The third kappa shape index (κ3) is 3.85. The van der Waals surface area contributed by atoms with E-state index in [-0.39, 0.29) is 0 Å². The van der Waals surface area contributed by atoms with Gasteiger partial charge >= 0.3 is 0 Å². The molecule has 0 spiro atoms. The third-order valence-electron chi connectivity index (χ3n) is 4.67. The first kappa shape index (κ1) is 18.5. The predicted molar refractivity (Wildman–Crippen MR) is 115 cm³/mol. The lowest BCUT2D eigenvalue weighted by Gasteiger charge is -2.21. The van der Waals surface area contributed by atoms with Crippen molar-refractivity contribution < 1.29 is 4.74 Å². The van der Waals surface area contributed by atoms with E-state index in [1.807, 2.05) is 17.2 Å². The number of allylic oxidation sites excluding steroid dienone is 10. The number of halogens is 1. The van der Waals surface area contributed by atoms with Gasteiger partial charge in [0.2, 0.25) is 0 Å². The minimum Gasteiger partial charge on any atom is -0.375 e. The van der Waals surface area contributed by atoms with Crippen molar-refractivity contribution in [3.63, 3.8) is 0 Å². The second-order valence-corrected chi connectivity index (χ2v) is 9.35. The van der Waals surface area contributed by atoms with Crippen molar-refractivity contribution in [2.45, 2.75) is 12.8 Å². The molecule has 136 valence electrons. The first-order valence-corrected chi connectivity index (χ1v) is 10.9. The molecule has 0 radical (unpaired) electrons. The van der Waals surface area contributed by atoms with Gasteiger partial charge < -0.3 is 9.64 Å². The molecule has 0 saturated carbocycles. The van der Waals surface area contributed by atoms with Crippen molar-refractivity contribution in [3.05, 3.63) is 77.8 Å². The fourth-order valence-corrected chi connectivity index (χ4v) is 5.67. The van der Waals surface area contributed by atoms with Gasteiger partial charge in [0.15, 0.2) is 0 Å². The molecular weight excluding hydrogens is 382 g/mol. The van der Waals surface area contributed by atoms with Gasteiger partial charge in [-0.1, -0.05) is 59.4 Å². The molecule has 5 heteroatoms. The standard InChI is InChI=1S/C21H22ClNOS2/c1-23(2)8-9-24-12-17-7-6-14-4-3-5-18-19(21(14)26-17)11-15-10-16(22)13-25-20(15)18/h3-5,7,10,13H,6,8-9,11-12H2,1-2H3. The lowest BCUT2D eigenvalue weighted by atomic mass is 10.0. The van der Waals surface area contributed by atoms with Crippen molar-refractivity contribution >= 4 is 35.1 Å². The van der Waals surface area contributed by atoms with Crippen molar-refractivity contribution in [3.8, 4) is 0 Å². The Morgan fingerprint density at radius 3 is 2.96 bits per heavy atom. The van der Waals surface area contributed by atoms with Crippen LogP contribution in [0.1, 0.15) is 12.8 Å². The number of hydrogen-bond donors (Lipinski definition) is 0. The number of hydrogen-bond acceptors (Lipinski definition) is 4. The van der Waals surface area contributed by atoms with Gasteiger partial charge in [-0.15, -0.1) is 0 Å². The zero-order valence-electron chi connectivity index (χ0n) is 15.0. The van der Waals surface area contributed by atoms with Crippen molar-refractivity contribution in [2.75, 3.05) is 33.9 Å². The van der Waals surface area contributed by atoms with Crippen molar-refractivity contribution in [2.24, 2.45) is 0 Å². The summed E-state index contributed by atoms with van der Waals surface area (Å²) >= 11 is 9.86. The topological polar surface area (TPSA) is 12.5 Å². The maximum Gasteiger partial charge on any atom is 0.0776 e. The van der Waals surface area contributed by atoms with E-state index < -0.39 is 0 Å². The Hall–Kier alpha value is -0.910. The quantitative estimate of drug-likeness (QED) is 0.542. The molecule has 0 fully saturated rings. The van der Waals surface area contributed by atoms with E-state index in [0.29, 0.717) is 6.61 Å². The van der Waals surface area contributed by atoms with Crippen molar-refractivity contribution in [1.29, 1.82) is 0 Å². The van der Waals surface area contributed by atoms with Crippen LogP contribution in [0.15, 0.2) is 77.8 Å². The fourth-order valence-electron chi connectivity index (χ4n) is 3.35. The molecule has 0 unspecified atom stereocenters. The second-order valence-electron chi connectivity index (χ2n) is 6.90. The third-order valence-corrected chi connectivity index (χ3v) is 7.36. The van der Waals surface area contributed by atoms with Crippen LogP contribution >= 0.6 is 35.1 Å². The molecule has 2 aliphatic heterocycles. The summed E-state index contributed by atoms with van der Waals surface area (Å²) in [6.07, 6.45) is 13.1. The highest BCUT2D eigenvalue weighted by Gasteiger charge is 2.30. The van der Waals surface area contributed by atoms with Crippen LogP contribution in [0.3, 0.4) is 0 Å². The van der Waals surface area contributed by atoms with E-state index in [0.717, 1.165) is 31.0 Å². The molecule has 0 aromatic heterocycles. The van der Waals surface area contributed by atoms with Crippen LogP contribution in [0.2, 0.25) is 0 Å². The molecule has 2 heterocycles. The summed E-state index contributed by atoms with van der Waals surface area (Å²) in [7, 11) is 4.14. The fraction of sp³-hybridized carbons (Fsp3) is 0.333. The highest BCUT2D eigenvalue weighted by Crippen LogP contribution is 2.53. The summed E-state index contributed by atoms with van der Waals surface area (Å²) in [5.41, 5.74) is 5.58. The normalized spacial score (nSPS) is 21.7. The number of fused-ring (bicyclic) bond motifs is 3. The molecule has 0 bridgehead atoms. The molecule has 0 saturated heterocycles. The highest BCUT2D eigenvalue weighted by atomic mass is 35.5. The predicted octanol–water partition coefficient (Wildman–Crippen LogP) is 5.75. The Balaban J connectivity index is 1.56. The van der Waals surface area contributed by atoms with Crippen LogP contribution in [-0.2, 0) is 4.74 Å². The smallest absolute Gasteiger partial charge is 0.0776 e. The van der Waals surface area contributed by atoms with Gasteiger partial charge in [-0.25, -0.2) is 0 Å². The van der Waals surface area contributed by atoms with E-state index >= 15 is 0 Å². The maximum atomic E-state index is 6.23. The molecule has 0 amide bonds. The SMILES string of the molecule is CN(C)CCOCC1=CCC2=CC=CC3=C4SC=C(Cl)C=C4CC3=C2S1. The summed E-state index contributed by atoms with van der Waals surface area (Å²) in [6, 6.07) is 0. The molecule has 0 atom stereocenters. The molecular formula is C21H22ClNOS2. The number of thioether (sulfide) groups is 2. The van der Waals surface area contributed by atoms with Gasteiger partial charge in [0.05, 0.1) is 13.2 Å². The number of nitrogens with zero attached hydrogens (tertiary/aromatic N) is 1. The Kier molecular flexibility index (Phi) is 5.67. The van der Waals surface area contributed by atoms with Crippen LogP contribution in [0.5, 0.6) is 0 Å². The largest absolute Gasteiger partial charge is 0.375 e. The molecule has 2 aliphatic carbocycles. The van der Waals surface area contributed by atoms with Crippen LogP contribution in [0, 0.1) is 0 Å². The molecule has 4 aliphatic rings. The van der Waals surface area contributed by atoms with E-state index in [1.54, 1.807) is 11.8 Å². The van der Waals surface area contributed by atoms with E-state index in [9.17, 15) is 0 Å². The Morgan fingerprint density at radius 2 is 2.12 bits per heavy atom. The van der Waals surface area contributed by atoms with E-state index in [1.165, 1.54) is 37.0 Å². The summed E-state index contributed by atoms with van der Waals surface area (Å²) in [5, 5.41) is 2.87. The highest BCUT2D eigenvalue weighted by molar-refractivity contribution is 8.07. The monoisotopic (exact) mass is 403 g/mol. The average molecular weight is 404 g/mol. The van der Waals surface area contributed by atoms with Gasteiger partial charge in [-0.2, -0.15) is 0 Å². The molecule has 0 aromatic carbocycles. The average Bonchev–Trinajstić information content (AvgIpc) is 2.87. The Labute approximate surface area is 169 Å². The van der Waals surface area contributed by atoms with Crippen LogP contribution < -0.4 is 0 Å². The molecule has 0 N–H and O–H groups in total. The zero-order chi connectivity index (χ0) is 18.1. The number of likely N-dealkylation sites (N-methyl/N-ethyl adjacent to an activating group) is 1. The molecule has 0 aromatic rings. The van der Waals surface area contributed by atoms with Gasteiger partial charge in [0, 0.05) is 32.7 Å². The zero-order valence-corrected chi connectivity index (χ0v) is 17.4. The minimum atomic E-state index is 0.701. The first-order valence-electron chi connectivity index (χ1n) is 8.80. The van der Waals surface area contributed by atoms with Gasteiger partial charge in [0.25, 0.3) is 0 Å². The van der Waals surface area contributed by atoms with E-state index in [2.05, 4.69) is 49.4 Å². The van der Waals surface area contributed by atoms with Gasteiger partial charge in [-0.3, -0.25) is 0 Å². The summed E-state index contributed by atoms with van der Waals surface area (Å²) < 4.78 is 5.87. The van der Waals surface area contributed by atoms with Crippen molar-refractivity contribution in [1.82, 2.24) is 4.90 Å². The Morgan fingerprint density at radius 1 is 1.23 bits per heavy atom. The molecule has 2 nitrogen and oxygen atoms in total. The van der Waals surface area contributed by atoms with Crippen LogP contribution in [0.25, 0.3) is 0 Å². The van der Waals surface area contributed by atoms with Gasteiger partial charge in [0.1, 0.15) is 0 Å². The first-order chi connectivity index (χ1) is 12.6. The number of rotatable bonds is 5. The minimum absolute atomic E-state index is 0.701. The lowest BCUT2D eigenvalue weighted by Crippen LogP contribution is -2.18. The van der Waals surface area contributed by atoms with Gasteiger partial charge in [-0.05, 0) is 54.3 Å².